The lowest BCUT2D eigenvalue weighted by molar-refractivity contribution is -0.136. The number of hydrogen-bond donors (Lipinski definition) is 1. The summed E-state index contributed by atoms with van der Waals surface area (Å²) in [6, 6.07) is 9.71. The fourth-order valence-electron chi connectivity index (χ4n) is 0.714. The SMILES string of the molecule is O=C(O)Cc1cc[c]cc1. The normalized spacial score (nSPS) is 9.20. The summed E-state index contributed by atoms with van der Waals surface area (Å²) in [6.45, 7) is 0. The van der Waals surface area contributed by atoms with Crippen molar-refractivity contribution in [3.8, 4) is 0 Å². The number of aliphatic carboxylic acids is 1. The van der Waals surface area contributed by atoms with E-state index in [1.807, 2.05) is 0 Å². The molecule has 0 saturated carbocycles. The van der Waals surface area contributed by atoms with Crippen molar-refractivity contribution in [1.29, 1.82) is 0 Å². The van der Waals surface area contributed by atoms with Crippen molar-refractivity contribution < 1.29 is 9.90 Å². The van der Waals surface area contributed by atoms with Gasteiger partial charge in [-0.2, -0.15) is 0 Å². The van der Waals surface area contributed by atoms with Crippen LogP contribution in [-0.4, -0.2) is 11.1 Å². The molecule has 1 radical (unpaired) electrons. The van der Waals surface area contributed by atoms with E-state index in [0.29, 0.717) is 0 Å². The molecule has 1 aromatic carbocycles. The zero-order valence-electron chi connectivity index (χ0n) is 5.37. The van der Waals surface area contributed by atoms with Crippen LogP contribution in [0.3, 0.4) is 0 Å². The Morgan fingerprint density at radius 1 is 1.50 bits per heavy atom. The quantitative estimate of drug-likeness (QED) is 0.659. The smallest absolute Gasteiger partial charge is 0.307 e. The predicted octanol–water partition coefficient (Wildman–Crippen LogP) is 1.11. The van der Waals surface area contributed by atoms with Gasteiger partial charge in [0.1, 0.15) is 0 Å². The predicted molar refractivity (Wildman–Crippen MR) is 36.6 cm³/mol. The standard InChI is InChI=1S/C8H7O2/c9-8(10)6-7-4-2-1-3-5-7/h2-5H,6H2,(H,9,10). The average molecular weight is 135 g/mol. The largest absolute Gasteiger partial charge is 0.481 e. The topological polar surface area (TPSA) is 37.3 Å². The molecule has 1 aromatic rings. The Labute approximate surface area is 59.1 Å². The minimum atomic E-state index is -0.800. The van der Waals surface area contributed by atoms with E-state index in [-0.39, 0.29) is 6.42 Å². The molecule has 0 fully saturated rings. The number of carbonyl (C=O) groups is 1. The number of carboxylic acids is 1. The Bertz CT molecular complexity index is 216. The van der Waals surface area contributed by atoms with Gasteiger partial charge in [0.15, 0.2) is 0 Å². The number of benzene rings is 1. The van der Waals surface area contributed by atoms with Crippen LogP contribution in [0.5, 0.6) is 0 Å². The summed E-state index contributed by atoms with van der Waals surface area (Å²) in [5.74, 6) is -0.800. The van der Waals surface area contributed by atoms with Crippen LogP contribution in [0.2, 0.25) is 0 Å². The van der Waals surface area contributed by atoms with Crippen molar-refractivity contribution in [2.24, 2.45) is 0 Å². The van der Waals surface area contributed by atoms with Gasteiger partial charge < -0.3 is 5.11 Å². The monoisotopic (exact) mass is 135 g/mol. The first-order valence-corrected chi connectivity index (χ1v) is 2.96. The molecule has 2 heteroatoms. The molecule has 0 bridgehead atoms. The summed E-state index contributed by atoms with van der Waals surface area (Å²) in [6.07, 6.45) is 0.0919. The highest BCUT2D eigenvalue weighted by Gasteiger charge is 1.96. The lowest BCUT2D eigenvalue weighted by Gasteiger charge is -1.92. The molecule has 0 aliphatic heterocycles. The number of hydrogen-bond acceptors (Lipinski definition) is 1. The van der Waals surface area contributed by atoms with Crippen molar-refractivity contribution in [3.63, 3.8) is 0 Å². The molecule has 1 rings (SSSR count). The van der Waals surface area contributed by atoms with E-state index in [0.717, 1.165) is 5.56 Å². The van der Waals surface area contributed by atoms with Crippen LogP contribution in [0.1, 0.15) is 5.56 Å². The van der Waals surface area contributed by atoms with Gasteiger partial charge in [0.2, 0.25) is 0 Å². The zero-order valence-corrected chi connectivity index (χ0v) is 5.37. The van der Waals surface area contributed by atoms with Gasteiger partial charge in [0.25, 0.3) is 0 Å². The third kappa shape index (κ3) is 1.90. The van der Waals surface area contributed by atoms with Gasteiger partial charge >= 0.3 is 5.97 Å². The molecular weight excluding hydrogens is 128 g/mol. The molecule has 1 N–H and O–H groups in total. The highest BCUT2D eigenvalue weighted by Crippen LogP contribution is 1.97. The van der Waals surface area contributed by atoms with Gasteiger partial charge in [0.05, 0.1) is 6.42 Å². The second-order valence-corrected chi connectivity index (χ2v) is 1.98. The fraction of sp³-hybridized carbons (Fsp3) is 0.125. The second kappa shape index (κ2) is 3.01. The van der Waals surface area contributed by atoms with Crippen LogP contribution >= 0.6 is 0 Å². The maximum atomic E-state index is 10.2. The van der Waals surface area contributed by atoms with Gasteiger partial charge in [0, 0.05) is 0 Å². The summed E-state index contributed by atoms with van der Waals surface area (Å²) < 4.78 is 0. The third-order valence-corrected chi connectivity index (χ3v) is 1.14. The molecule has 0 heterocycles. The molecule has 0 amide bonds. The van der Waals surface area contributed by atoms with E-state index in [1.54, 1.807) is 24.3 Å². The maximum Gasteiger partial charge on any atom is 0.307 e. The van der Waals surface area contributed by atoms with Crippen molar-refractivity contribution in [3.05, 3.63) is 35.9 Å². The molecule has 0 aliphatic rings. The first-order chi connectivity index (χ1) is 4.79. The molecule has 0 saturated heterocycles. The molecule has 0 unspecified atom stereocenters. The molecule has 10 heavy (non-hydrogen) atoms. The lowest BCUT2D eigenvalue weighted by atomic mass is 10.2. The molecule has 0 atom stereocenters. The molecule has 0 spiro atoms. The Kier molecular flexibility index (Phi) is 2.05. The van der Waals surface area contributed by atoms with Gasteiger partial charge in [-0.25, -0.2) is 0 Å². The van der Waals surface area contributed by atoms with Gasteiger partial charge in [-0.3, -0.25) is 4.79 Å². The molecule has 0 aliphatic carbocycles. The lowest BCUT2D eigenvalue weighted by Crippen LogP contribution is -1.98. The molecule has 2 nitrogen and oxygen atoms in total. The Morgan fingerprint density at radius 2 is 2.10 bits per heavy atom. The van der Waals surface area contributed by atoms with Crippen LogP contribution in [0.4, 0.5) is 0 Å². The van der Waals surface area contributed by atoms with E-state index in [9.17, 15) is 4.79 Å². The number of carboxylic acid groups (broad SMARTS) is 1. The highest BCUT2D eigenvalue weighted by atomic mass is 16.4. The molecular formula is C8H7O2. The van der Waals surface area contributed by atoms with Gasteiger partial charge in [-0.15, -0.1) is 0 Å². The fourth-order valence-corrected chi connectivity index (χ4v) is 0.714. The van der Waals surface area contributed by atoms with Crippen molar-refractivity contribution in [1.82, 2.24) is 0 Å². The summed E-state index contributed by atoms with van der Waals surface area (Å²) in [4.78, 5) is 10.2. The van der Waals surface area contributed by atoms with Crippen molar-refractivity contribution in [2.45, 2.75) is 6.42 Å². The summed E-state index contributed by atoms with van der Waals surface area (Å²) in [7, 11) is 0. The van der Waals surface area contributed by atoms with Crippen LogP contribution in [0.25, 0.3) is 0 Å². The summed E-state index contributed by atoms with van der Waals surface area (Å²) >= 11 is 0. The Morgan fingerprint density at radius 3 is 2.60 bits per heavy atom. The van der Waals surface area contributed by atoms with Crippen LogP contribution in [-0.2, 0) is 11.2 Å². The second-order valence-electron chi connectivity index (χ2n) is 1.98. The van der Waals surface area contributed by atoms with E-state index in [4.69, 9.17) is 5.11 Å². The van der Waals surface area contributed by atoms with E-state index < -0.39 is 5.97 Å². The summed E-state index contributed by atoms with van der Waals surface area (Å²) in [5, 5.41) is 8.36. The Balaban J connectivity index is 2.67. The van der Waals surface area contributed by atoms with Crippen LogP contribution in [0.15, 0.2) is 24.3 Å². The van der Waals surface area contributed by atoms with Crippen LogP contribution < -0.4 is 0 Å². The van der Waals surface area contributed by atoms with E-state index >= 15 is 0 Å². The Hall–Kier alpha value is -1.31. The maximum absolute atomic E-state index is 10.2. The van der Waals surface area contributed by atoms with Crippen LogP contribution in [0, 0.1) is 6.07 Å². The minimum Gasteiger partial charge on any atom is -0.481 e. The average Bonchev–Trinajstić information content (AvgIpc) is 1.88. The summed E-state index contributed by atoms with van der Waals surface area (Å²) in [5.41, 5.74) is 0.811. The zero-order chi connectivity index (χ0) is 7.40. The first kappa shape index (κ1) is 6.81. The van der Waals surface area contributed by atoms with E-state index in [1.165, 1.54) is 0 Å². The molecule has 0 aromatic heterocycles. The molecule has 51 valence electrons. The minimum absolute atomic E-state index is 0.0919. The van der Waals surface area contributed by atoms with Crippen molar-refractivity contribution >= 4 is 5.97 Å². The van der Waals surface area contributed by atoms with Crippen molar-refractivity contribution in [2.75, 3.05) is 0 Å². The highest BCUT2D eigenvalue weighted by molar-refractivity contribution is 5.70. The van der Waals surface area contributed by atoms with Gasteiger partial charge in [-0.05, 0) is 11.6 Å². The van der Waals surface area contributed by atoms with Gasteiger partial charge in [-0.1, -0.05) is 24.3 Å². The first-order valence-electron chi connectivity index (χ1n) is 2.96. The van der Waals surface area contributed by atoms with E-state index in [2.05, 4.69) is 6.07 Å². The number of rotatable bonds is 2. The third-order valence-electron chi connectivity index (χ3n) is 1.14.